The standard InChI is InChI=1S/C14H28N2O/c1-2-12-17-14(5-1)6-3-9-15-10-4-11-16-13-7-8-13/h13-16H,1-12H2. The number of rotatable bonds is 9. The minimum atomic E-state index is 0.557. The molecular formula is C14H28N2O. The van der Waals surface area contributed by atoms with E-state index in [1.807, 2.05) is 0 Å². The first-order valence-electron chi connectivity index (χ1n) is 7.51. The Hall–Kier alpha value is -0.120. The van der Waals surface area contributed by atoms with E-state index in [1.54, 1.807) is 0 Å². The lowest BCUT2D eigenvalue weighted by Gasteiger charge is -2.22. The molecule has 1 atom stereocenters. The maximum Gasteiger partial charge on any atom is 0.0575 e. The van der Waals surface area contributed by atoms with E-state index in [9.17, 15) is 0 Å². The van der Waals surface area contributed by atoms with Gasteiger partial charge >= 0.3 is 0 Å². The van der Waals surface area contributed by atoms with Crippen LogP contribution in [-0.2, 0) is 4.74 Å². The van der Waals surface area contributed by atoms with Gasteiger partial charge in [-0.2, -0.15) is 0 Å². The van der Waals surface area contributed by atoms with E-state index in [-0.39, 0.29) is 0 Å². The fourth-order valence-electron chi connectivity index (χ4n) is 2.42. The van der Waals surface area contributed by atoms with Crippen molar-refractivity contribution in [1.29, 1.82) is 0 Å². The monoisotopic (exact) mass is 240 g/mol. The van der Waals surface area contributed by atoms with Gasteiger partial charge in [-0.15, -0.1) is 0 Å². The second-order valence-corrected chi connectivity index (χ2v) is 5.46. The molecule has 100 valence electrons. The molecule has 0 aromatic heterocycles. The highest BCUT2D eigenvalue weighted by Gasteiger charge is 2.19. The van der Waals surface area contributed by atoms with Gasteiger partial charge in [0.2, 0.25) is 0 Å². The SMILES string of the molecule is C(CNCCCC1CCCCO1)CNC1CC1. The Morgan fingerprint density at radius 3 is 2.59 bits per heavy atom. The van der Waals surface area contributed by atoms with Crippen LogP contribution >= 0.6 is 0 Å². The third-order valence-corrected chi connectivity index (χ3v) is 3.69. The predicted octanol–water partition coefficient (Wildman–Crippen LogP) is 2.07. The molecule has 1 saturated carbocycles. The molecule has 2 aliphatic rings. The van der Waals surface area contributed by atoms with Gasteiger partial charge in [0.25, 0.3) is 0 Å². The zero-order chi connectivity index (χ0) is 11.8. The second kappa shape index (κ2) is 8.06. The third-order valence-electron chi connectivity index (χ3n) is 3.69. The van der Waals surface area contributed by atoms with E-state index in [2.05, 4.69) is 10.6 Å². The Morgan fingerprint density at radius 1 is 0.941 bits per heavy atom. The van der Waals surface area contributed by atoms with Crippen LogP contribution in [0.4, 0.5) is 0 Å². The highest BCUT2D eigenvalue weighted by molar-refractivity contribution is 4.80. The number of ether oxygens (including phenoxy) is 1. The zero-order valence-electron chi connectivity index (χ0n) is 11.0. The molecule has 0 aromatic rings. The van der Waals surface area contributed by atoms with E-state index in [0.29, 0.717) is 6.10 Å². The van der Waals surface area contributed by atoms with Crippen LogP contribution in [0.1, 0.15) is 51.4 Å². The average Bonchev–Trinajstić information content (AvgIpc) is 3.18. The number of hydrogen-bond acceptors (Lipinski definition) is 3. The summed E-state index contributed by atoms with van der Waals surface area (Å²) >= 11 is 0. The molecule has 1 aliphatic heterocycles. The van der Waals surface area contributed by atoms with Crippen LogP contribution in [0.5, 0.6) is 0 Å². The number of nitrogens with one attached hydrogen (secondary N) is 2. The molecule has 1 saturated heterocycles. The maximum atomic E-state index is 5.72. The van der Waals surface area contributed by atoms with Crippen LogP contribution < -0.4 is 10.6 Å². The number of hydrogen-bond donors (Lipinski definition) is 2. The molecule has 0 radical (unpaired) electrons. The molecule has 0 amide bonds. The molecule has 3 nitrogen and oxygen atoms in total. The summed E-state index contributed by atoms with van der Waals surface area (Å²) in [6.45, 7) is 4.49. The average molecular weight is 240 g/mol. The van der Waals surface area contributed by atoms with Gasteiger partial charge in [-0.25, -0.2) is 0 Å². The van der Waals surface area contributed by atoms with Crippen molar-refractivity contribution in [3.8, 4) is 0 Å². The van der Waals surface area contributed by atoms with Gasteiger partial charge in [0.15, 0.2) is 0 Å². The molecule has 2 fully saturated rings. The summed E-state index contributed by atoms with van der Waals surface area (Å²) < 4.78 is 5.72. The Kier molecular flexibility index (Phi) is 6.32. The van der Waals surface area contributed by atoms with Crippen molar-refractivity contribution in [2.75, 3.05) is 26.2 Å². The zero-order valence-corrected chi connectivity index (χ0v) is 11.0. The van der Waals surface area contributed by atoms with Crippen molar-refractivity contribution in [3.05, 3.63) is 0 Å². The molecule has 2 rings (SSSR count). The van der Waals surface area contributed by atoms with Crippen molar-refractivity contribution >= 4 is 0 Å². The Morgan fingerprint density at radius 2 is 1.82 bits per heavy atom. The second-order valence-electron chi connectivity index (χ2n) is 5.46. The molecule has 17 heavy (non-hydrogen) atoms. The van der Waals surface area contributed by atoms with E-state index >= 15 is 0 Å². The Balaban J connectivity index is 1.31. The summed E-state index contributed by atoms with van der Waals surface area (Å²) in [5.41, 5.74) is 0. The molecule has 1 heterocycles. The summed E-state index contributed by atoms with van der Waals surface area (Å²) in [7, 11) is 0. The molecule has 3 heteroatoms. The first-order chi connectivity index (χ1) is 8.45. The summed E-state index contributed by atoms with van der Waals surface area (Å²) in [4.78, 5) is 0. The maximum absolute atomic E-state index is 5.72. The van der Waals surface area contributed by atoms with E-state index in [4.69, 9.17) is 4.74 Å². The molecule has 0 bridgehead atoms. The largest absolute Gasteiger partial charge is 0.378 e. The quantitative estimate of drug-likeness (QED) is 0.605. The van der Waals surface area contributed by atoms with E-state index in [0.717, 1.165) is 25.7 Å². The topological polar surface area (TPSA) is 33.3 Å². The first-order valence-corrected chi connectivity index (χ1v) is 7.51. The molecule has 0 spiro atoms. The summed E-state index contributed by atoms with van der Waals surface area (Å²) in [5, 5.41) is 7.06. The van der Waals surface area contributed by atoms with Gasteiger partial charge in [0, 0.05) is 12.6 Å². The lowest BCUT2D eigenvalue weighted by molar-refractivity contribution is 0.0102. The normalized spacial score (nSPS) is 25.1. The predicted molar refractivity (Wildman–Crippen MR) is 71.3 cm³/mol. The smallest absolute Gasteiger partial charge is 0.0575 e. The van der Waals surface area contributed by atoms with Gasteiger partial charge in [0.1, 0.15) is 0 Å². The molecule has 1 unspecified atom stereocenters. The third kappa shape index (κ3) is 6.39. The van der Waals surface area contributed by atoms with Gasteiger partial charge in [0.05, 0.1) is 6.10 Å². The van der Waals surface area contributed by atoms with Gasteiger partial charge in [-0.05, 0) is 71.0 Å². The van der Waals surface area contributed by atoms with Crippen molar-refractivity contribution in [2.45, 2.75) is 63.5 Å². The summed E-state index contributed by atoms with van der Waals surface area (Å²) in [6, 6.07) is 0.860. The molecular weight excluding hydrogens is 212 g/mol. The minimum Gasteiger partial charge on any atom is -0.378 e. The van der Waals surface area contributed by atoms with Crippen molar-refractivity contribution < 1.29 is 4.74 Å². The van der Waals surface area contributed by atoms with Gasteiger partial charge in [-0.3, -0.25) is 0 Å². The molecule has 0 aromatic carbocycles. The van der Waals surface area contributed by atoms with Crippen molar-refractivity contribution in [1.82, 2.24) is 10.6 Å². The van der Waals surface area contributed by atoms with Crippen molar-refractivity contribution in [3.63, 3.8) is 0 Å². The lowest BCUT2D eigenvalue weighted by atomic mass is 10.0. The lowest BCUT2D eigenvalue weighted by Crippen LogP contribution is -2.25. The summed E-state index contributed by atoms with van der Waals surface area (Å²) in [6.07, 6.45) is 11.0. The van der Waals surface area contributed by atoms with Gasteiger partial charge in [-0.1, -0.05) is 0 Å². The molecule has 2 N–H and O–H groups in total. The highest BCUT2D eigenvalue weighted by Crippen LogP contribution is 2.18. The van der Waals surface area contributed by atoms with E-state index < -0.39 is 0 Å². The highest BCUT2D eigenvalue weighted by atomic mass is 16.5. The van der Waals surface area contributed by atoms with Crippen LogP contribution in [0.3, 0.4) is 0 Å². The Bertz CT molecular complexity index is 189. The van der Waals surface area contributed by atoms with Crippen LogP contribution in [0.2, 0.25) is 0 Å². The van der Waals surface area contributed by atoms with Crippen molar-refractivity contribution in [2.24, 2.45) is 0 Å². The van der Waals surface area contributed by atoms with Crippen LogP contribution in [0, 0.1) is 0 Å². The fraction of sp³-hybridized carbons (Fsp3) is 1.00. The van der Waals surface area contributed by atoms with Crippen LogP contribution in [0.25, 0.3) is 0 Å². The Labute approximate surface area is 106 Å². The van der Waals surface area contributed by atoms with E-state index in [1.165, 1.54) is 57.9 Å². The van der Waals surface area contributed by atoms with Crippen LogP contribution in [-0.4, -0.2) is 38.4 Å². The minimum absolute atomic E-state index is 0.557. The first kappa shape index (κ1) is 13.3. The summed E-state index contributed by atoms with van der Waals surface area (Å²) in [5.74, 6) is 0. The molecule has 1 aliphatic carbocycles. The fourth-order valence-corrected chi connectivity index (χ4v) is 2.42. The van der Waals surface area contributed by atoms with Crippen LogP contribution in [0.15, 0.2) is 0 Å². The van der Waals surface area contributed by atoms with Gasteiger partial charge < -0.3 is 15.4 Å².